The van der Waals surface area contributed by atoms with Crippen LogP contribution in [0, 0.1) is 0 Å². The Labute approximate surface area is 167 Å². The third-order valence-electron chi connectivity index (χ3n) is 5.32. The number of nitrogens with one attached hydrogen (secondary N) is 2. The Hall–Kier alpha value is -3.30. The lowest BCUT2D eigenvalue weighted by molar-refractivity contribution is 0.0964. The summed E-state index contributed by atoms with van der Waals surface area (Å²) in [4.78, 5) is 28.9. The molecule has 1 aliphatic heterocycles. The summed E-state index contributed by atoms with van der Waals surface area (Å²) >= 11 is 0. The highest BCUT2D eigenvalue weighted by Crippen LogP contribution is 2.25. The van der Waals surface area contributed by atoms with Crippen LogP contribution in [-0.2, 0) is 0 Å². The summed E-state index contributed by atoms with van der Waals surface area (Å²) < 4.78 is 1.91. The van der Waals surface area contributed by atoms with E-state index in [-0.39, 0.29) is 5.91 Å². The quantitative estimate of drug-likeness (QED) is 0.546. The number of fused-ring (bicyclic) bond motifs is 5. The summed E-state index contributed by atoms with van der Waals surface area (Å²) in [6, 6.07) is 9.55. The normalized spacial score (nSPS) is 15.9. The lowest BCUT2D eigenvalue weighted by Gasteiger charge is -2.32. The van der Waals surface area contributed by atoms with E-state index in [9.17, 15) is 4.79 Å². The summed E-state index contributed by atoms with van der Waals surface area (Å²) in [5.41, 5.74) is 7.43. The second-order valence-corrected chi connectivity index (χ2v) is 7.26. The number of hydrogen-bond donors (Lipinski definition) is 2. The molecule has 2 N–H and O–H groups in total. The minimum atomic E-state index is -0.200. The van der Waals surface area contributed by atoms with Gasteiger partial charge in [-0.2, -0.15) is 0 Å². The predicted molar refractivity (Wildman–Crippen MR) is 112 cm³/mol. The second-order valence-electron chi connectivity index (χ2n) is 7.26. The molecular formula is C20H22N8O. The Morgan fingerprint density at radius 3 is 2.62 bits per heavy atom. The molecule has 1 fully saturated rings. The van der Waals surface area contributed by atoms with E-state index in [1.807, 2.05) is 28.7 Å². The lowest BCUT2D eigenvalue weighted by Crippen LogP contribution is -2.47. The number of pyridine rings is 1. The van der Waals surface area contributed by atoms with Gasteiger partial charge >= 0.3 is 0 Å². The number of carbonyl (C=O) groups is 1. The highest BCUT2D eigenvalue weighted by atomic mass is 16.1. The Morgan fingerprint density at radius 2 is 1.83 bits per heavy atom. The van der Waals surface area contributed by atoms with Gasteiger partial charge in [-0.1, -0.05) is 12.1 Å². The lowest BCUT2D eigenvalue weighted by atomic mass is 10.2. The zero-order valence-electron chi connectivity index (χ0n) is 16.4. The van der Waals surface area contributed by atoms with Crippen LogP contribution in [0.3, 0.4) is 0 Å². The van der Waals surface area contributed by atoms with Gasteiger partial charge in [0.05, 0.1) is 22.8 Å². The molecule has 1 aromatic carbocycles. The Kier molecular flexibility index (Phi) is 4.26. The Morgan fingerprint density at radius 1 is 1.03 bits per heavy atom. The maximum Gasteiger partial charge on any atom is 0.254 e. The average molecular weight is 390 g/mol. The molecule has 1 aliphatic rings. The molecule has 0 bridgehead atoms. The van der Waals surface area contributed by atoms with E-state index >= 15 is 0 Å². The summed E-state index contributed by atoms with van der Waals surface area (Å²) in [6.45, 7) is 3.82. The van der Waals surface area contributed by atoms with E-state index in [1.165, 1.54) is 0 Å². The maximum absolute atomic E-state index is 12.5. The van der Waals surface area contributed by atoms with E-state index in [1.54, 1.807) is 19.3 Å². The maximum atomic E-state index is 12.5. The molecule has 1 saturated heterocycles. The molecule has 0 atom stereocenters. The third-order valence-corrected chi connectivity index (χ3v) is 5.32. The summed E-state index contributed by atoms with van der Waals surface area (Å²) in [6.07, 6.45) is 1.71. The largest absolute Gasteiger partial charge is 0.355 e. The number of aromatic nitrogens is 4. The minimum Gasteiger partial charge on any atom is -0.355 e. The molecule has 4 aromatic rings. The van der Waals surface area contributed by atoms with E-state index in [4.69, 9.17) is 4.98 Å². The monoisotopic (exact) mass is 390 g/mol. The van der Waals surface area contributed by atoms with Crippen LogP contribution < -0.4 is 10.7 Å². The van der Waals surface area contributed by atoms with Gasteiger partial charge in [0.2, 0.25) is 0 Å². The van der Waals surface area contributed by atoms with Gasteiger partial charge < -0.3 is 15.6 Å². The molecule has 5 rings (SSSR count). The van der Waals surface area contributed by atoms with Crippen molar-refractivity contribution < 1.29 is 4.79 Å². The van der Waals surface area contributed by atoms with E-state index in [0.717, 1.165) is 37.2 Å². The second kappa shape index (κ2) is 6.94. The van der Waals surface area contributed by atoms with Crippen molar-refractivity contribution in [3.8, 4) is 0 Å². The Balaban J connectivity index is 1.68. The van der Waals surface area contributed by atoms with Crippen LogP contribution in [0.5, 0.6) is 0 Å². The number of para-hydroxylation sites is 2. The van der Waals surface area contributed by atoms with Crippen molar-refractivity contribution in [1.82, 2.24) is 34.6 Å². The molecule has 0 saturated carbocycles. The number of anilines is 1. The van der Waals surface area contributed by atoms with E-state index in [0.29, 0.717) is 28.2 Å². The van der Waals surface area contributed by atoms with Crippen molar-refractivity contribution in [2.24, 2.45) is 0 Å². The number of amides is 1. The molecule has 29 heavy (non-hydrogen) atoms. The van der Waals surface area contributed by atoms with Crippen LogP contribution >= 0.6 is 0 Å². The molecule has 148 valence electrons. The van der Waals surface area contributed by atoms with Crippen molar-refractivity contribution in [3.05, 3.63) is 42.1 Å². The van der Waals surface area contributed by atoms with Gasteiger partial charge in [0.25, 0.3) is 5.91 Å². The minimum absolute atomic E-state index is 0.200. The SMILES string of the molecule is CNC(=O)c1cc2ncc(NN3CCN(C)CC3)nc2n2c1nc1ccccc12. The van der Waals surface area contributed by atoms with Gasteiger partial charge in [-0.3, -0.25) is 9.20 Å². The number of carbonyl (C=O) groups excluding carboxylic acids is 1. The molecular weight excluding hydrogens is 368 g/mol. The average Bonchev–Trinajstić information content (AvgIpc) is 3.14. The van der Waals surface area contributed by atoms with Gasteiger partial charge in [0, 0.05) is 33.2 Å². The first-order chi connectivity index (χ1) is 14.1. The number of benzene rings is 1. The molecule has 9 nitrogen and oxygen atoms in total. The molecule has 4 heterocycles. The van der Waals surface area contributed by atoms with Gasteiger partial charge in [0.1, 0.15) is 5.52 Å². The topological polar surface area (TPSA) is 90.7 Å². The first-order valence-corrected chi connectivity index (χ1v) is 9.63. The molecule has 3 aromatic heterocycles. The van der Waals surface area contributed by atoms with Crippen LogP contribution in [0.4, 0.5) is 5.82 Å². The number of piperazine rings is 1. The number of hydrazine groups is 1. The molecule has 0 unspecified atom stereocenters. The van der Waals surface area contributed by atoms with Crippen LogP contribution in [0.1, 0.15) is 10.4 Å². The molecule has 0 radical (unpaired) electrons. The molecule has 0 aliphatic carbocycles. The summed E-state index contributed by atoms with van der Waals surface area (Å²) in [5, 5.41) is 4.84. The van der Waals surface area contributed by atoms with Gasteiger partial charge in [-0.25, -0.2) is 20.0 Å². The Bertz CT molecular complexity index is 1230. The molecule has 1 amide bonds. The van der Waals surface area contributed by atoms with Crippen molar-refractivity contribution in [2.45, 2.75) is 0 Å². The van der Waals surface area contributed by atoms with Crippen molar-refractivity contribution in [3.63, 3.8) is 0 Å². The standard InChI is InChI=1S/C20H22N8O/c1-21-20(29)13-11-15-19(28-16-6-4-3-5-14(16)23-18(13)28)24-17(12-22-15)25-27-9-7-26(2)8-10-27/h3-6,11-12H,7-10H2,1-2H3,(H,21,29)(H,24,25). The zero-order valence-corrected chi connectivity index (χ0v) is 16.4. The highest BCUT2D eigenvalue weighted by molar-refractivity contribution is 6.04. The van der Waals surface area contributed by atoms with Crippen molar-refractivity contribution in [2.75, 3.05) is 45.7 Å². The number of imidazole rings is 1. The third kappa shape index (κ3) is 3.04. The fourth-order valence-corrected chi connectivity index (χ4v) is 3.71. The van der Waals surface area contributed by atoms with Crippen molar-refractivity contribution >= 4 is 39.6 Å². The zero-order chi connectivity index (χ0) is 20.0. The smallest absolute Gasteiger partial charge is 0.254 e. The predicted octanol–water partition coefficient (Wildman–Crippen LogP) is 1.36. The highest BCUT2D eigenvalue weighted by Gasteiger charge is 2.19. The molecule has 9 heteroatoms. The van der Waals surface area contributed by atoms with Gasteiger partial charge in [-0.15, -0.1) is 0 Å². The number of rotatable bonds is 3. The molecule has 0 spiro atoms. The first-order valence-electron chi connectivity index (χ1n) is 9.63. The van der Waals surface area contributed by atoms with E-state index in [2.05, 4.69) is 37.7 Å². The van der Waals surface area contributed by atoms with Gasteiger partial charge in [0.15, 0.2) is 17.1 Å². The fourth-order valence-electron chi connectivity index (χ4n) is 3.71. The number of likely N-dealkylation sites (N-methyl/N-ethyl adjacent to an activating group) is 1. The van der Waals surface area contributed by atoms with Gasteiger partial charge in [-0.05, 0) is 25.2 Å². The van der Waals surface area contributed by atoms with Crippen LogP contribution in [0.2, 0.25) is 0 Å². The summed E-state index contributed by atoms with van der Waals surface area (Å²) in [7, 11) is 3.73. The van der Waals surface area contributed by atoms with Crippen LogP contribution in [0.25, 0.3) is 27.8 Å². The summed E-state index contributed by atoms with van der Waals surface area (Å²) in [5.74, 6) is 0.475. The number of nitrogens with zero attached hydrogens (tertiary/aromatic N) is 6. The number of hydrogen-bond acceptors (Lipinski definition) is 7. The van der Waals surface area contributed by atoms with Crippen LogP contribution in [-0.4, -0.2) is 75.4 Å². The fraction of sp³-hybridized carbons (Fsp3) is 0.300. The van der Waals surface area contributed by atoms with Crippen LogP contribution in [0.15, 0.2) is 36.5 Å². The van der Waals surface area contributed by atoms with Crippen molar-refractivity contribution in [1.29, 1.82) is 0 Å². The first kappa shape index (κ1) is 17.8. The van der Waals surface area contributed by atoms with E-state index < -0.39 is 0 Å².